The van der Waals surface area contributed by atoms with Crippen molar-refractivity contribution in [1.82, 2.24) is 0 Å². The summed E-state index contributed by atoms with van der Waals surface area (Å²) in [4.78, 5) is 0. The van der Waals surface area contributed by atoms with Crippen LogP contribution in [0.5, 0.6) is 0 Å². The van der Waals surface area contributed by atoms with Crippen LogP contribution in [0.1, 0.15) is 78.1 Å². The Morgan fingerprint density at radius 3 is 1.73 bits per heavy atom. The Morgan fingerprint density at radius 2 is 1.14 bits per heavy atom. The summed E-state index contributed by atoms with van der Waals surface area (Å²) < 4.78 is 12.2. The van der Waals surface area contributed by atoms with Gasteiger partial charge in [-0.2, -0.15) is 0 Å². The molecule has 0 N–H and O–H groups in total. The van der Waals surface area contributed by atoms with Crippen molar-refractivity contribution in [2.45, 2.75) is 90.3 Å². The smallest absolute Gasteiger partial charge is 0.0836 e. The normalized spacial score (nSPS) is 43.9. The van der Waals surface area contributed by atoms with Gasteiger partial charge < -0.3 is 9.47 Å². The lowest BCUT2D eigenvalue weighted by Gasteiger charge is -2.37. The molecule has 0 aromatic carbocycles. The summed E-state index contributed by atoms with van der Waals surface area (Å²) in [7, 11) is 0. The van der Waals surface area contributed by atoms with Crippen molar-refractivity contribution in [3.63, 3.8) is 0 Å². The van der Waals surface area contributed by atoms with E-state index in [0.717, 1.165) is 36.9 Å². The molecule has 2 saturated heterocycles. The molecule has 4 atom stereocenters. The van der Waals surface area contributed by atoms with Gasteiger partial charge in [0.15, 0.2) is 0 Å². The summed E-state index contributed by atoms with van der Waals surface area (Å²) >= 11 is 0. The van der Waals surface area contributed by atoms with Crippen molar-refractivity contribution < 1.29 is 9.47 Å². The molecule has 0 aromatic rings. The molecule has 0 radical (unpaired) electrons. The largest absolute Gasteiger partial charge is 0.375 e. The van der Waals surface area contributed by atoms with E-state index >= 15 is 0 Å². The van der Waals surface area contributed by atoms with Crippen LogP contribution in [0.4, 0.5) is 0 Å². The van der Waals surface area contributed by atoms with Gasteiger partial charge in [0.25, 0.3) is 0 Å². The molecular weight excluding hydrogens is 272 g/mol. The highest BCUT2D eigenvalue weighted by atomic mass is 16.5. The molecule has 3 rings (SSSR count). The van der Waals surface area contributed by atoms with Gasteiger partial charge in [0.1, 0.15) is 0 Å². The molecule has 2 aliphatic heterocycles. The zero-order valence-corrected chi connectivity index (χ0v) is 14.8. The first-order valence-corrected chi connectivity index (χ1v) is 9.94. The number of ether oxygens (including phenoxy) is 2. The highest BCUT2D eigenvalue weighted by Crippen LogP contribution is 2.34. The molecule has 128 valence electrons. The van der Waals surface area contributed by atoms with Crippen LogP contribution in [0.15, 0.2) is 0 Å². The van der Waals surface area contributed by atoms with E-state index in [1.165, 1.54) is 64.2 Å². The third kappa shape index (κ3) is 4.71. The third-order valence-electron chi connectivity index (χ3n) is 6.48. The number of rotatable bonds is 4. The first kappa shape index (κ1) is 16.8. The molecule has 2 heteroatoms. The lowest BCUT2D eigenvalue weighted by molar-refractivity contribution is -0.129. The fourth-order valence-corrected chi connectivity index (χ4v) is 4.63. The first-order chi connectivity index (χ1) is 10.7. The molecule has 1 aliphatic carbocycles. The maximum atomic E-state index is 6.20. The van der Waals surface area contributed by atoms with Crippen LogP contribution < -0.4 is 0 Å². The van der Waals surface area contributed by atoms with Gasteiger partial charge in [-0.25, -0.2) is 0 Å². The monoisotopic (exact) mass is 308 g/mol. The highest BCUT2D eigenvalue weighted by molar-refractivity contribution is 4.81. The Kier molecular flexibility index (Phi) is 6.21. The van der Waals surface area contributed by atoms with Gasteiger partial charge in [0.05, 0.1) is 12.2 Å². The zero-order valence-electron chi connectivity index (χ0n) is 14.8. The summed E-state index contributed by atoms with van der Waals surface area (Å²) in [5.74, 6) is 3.55. The van der Waals surface area contributed by atoms with E-state index in [1.807, 2.05) is 0 Å². The van der Waals surface area contributed by atoms with Crippen molar-refractivity contribution in [3.05, 3.63) is 0 Å². The third-order valence-corrected chi connectivity index (χ3v) is 6.48. The average molecular weight is 309 g/mol. The molecule has 4 unspecified atom stereocenters. The van der Waals surface area contributed by atoms with Gasteiger partial charge in [-0.3, -0.25) is 0 Å². The predicted molar refractivity (Wildman–Crippen MR) is 91.0 cm³/mol. The Balaban J connectivity index is 1.32. The summed E-state index contributed by atoms with van der Waals surface area (Å²) in [6, 6.07) is 0. The molecular formula is C20H36O2. The quantitative estimate of drug-likeness (QED) is 0.710. The maximum Gasteiger partial charge on any atom is 0.0836 e. The van der Waals surface area contributed by atoms with Crippen LogP contribution >= 0.6 is 0 Å². The Bertz CT molecular complexity index is 306. The fraction of sp³-hybridized carbons (Fsp3) is 1.00. The standard InChI is InChI=1S/C20H36O2/c1-15-3-6-17(7-4-15)8-9-18-10-12-20(22-14-18)19-11-5-16(2)13-21-19/h15-20H,3-14H2,1-2H3. The molecule has 3 aliphatic rings. The molecule has 0 spiro atoms. The van der Waals surface area contributed by atoms with Crippen LogP contribution in [-0.4, -0.2) is 25.4 Å². The zero-order chi connectivity index (χ0) is 15.4. The van der Waals surface area contributed by atoms with Gasteiger partial charge in [-0.1, -0.05) is 46.0 Å². The minimum atomic E-state index is 0.386. The second kappa shape index (κ2) is 8.15. The van der Waals surface area contributed by atoms with Crippen LogP contribution in [0, 0.1) is 23.7 Å². The molecule has 0 bridgehead atoms. The summed E-state index contributed by atoms with van der Waals surface area (Å²) in [6.45, 7) is 6.64. The van der Waals surface area contributed by atoms with E-state index in [0.29, 0.717) is 12.2 Å². The van der Waals surface area contributed by atoms with Crippen molar-refractivity contribution >= 4 is 0 Å². The van der Waals surface area contributed by atoms with Crippen LogP contribution in [0.25, 0.3) is 0 Å². The minimum absolute atomic E-state index is 0.386. The Morgan fingerprint density at radius 1 is 0.591 bits per heavy atom. The van der Waals surface area contributed by atoms with E-state index in [4.69, 9.17) is 9.47 Å². The molecule has 22 heavy (non-hydrogen) atoms. The Labute approximate surface area is 137 Å². The summed E-state index contributed by atoms with van der Waals surface area (Å²) in [6.07, 6.45) is 14.6. The van der Waals surface area contributed by atoms with Crippen molar-refractivity contribution in [2.75, 3.05) is 13.2 Å². The first-order valence-electron chi connectivity index (χ1n) is 9.94. The summed E-state index contributed by atoms with van der Waals surface area (Å²) in [5.41, 5.74) is 0. The molecule has 2 nitrogen and oxygen atoms in total. The van der Waals surface area contributed by atoms with Crippen molar-refractivity contribution in [1.29, 1.82) is 0 Å². The Hall–Kier alpha value is -0.0800. The summed E-state index contributed by atoms with van der Waals surface area (Å²) in [5, 5.41) is 0. The minimum Gasteiger partial charge on any atom is -0.375 e. The van der Waals surface area contributed by atoms with Crippen LogP contribution in [-0.2, 0) is 9.47 Å². The van der Waals surface area contributed by atoms with Gasteiger partial charge in [0, 0.05) is 13.2 Å². The lowest BCUT2D eigenvalue weighted by atomic mass is 9.79. The maximum absolute atomic E-state index is 6.20. The highest BCUT2D eigenvalue weighted by Gasteiger charge is 2.31. The topological polar surface area (TPSA) is 18.5 Å². The lowest BCUT2D eigenvalue weighted by Crippen LogP contribution is -2.40. The number of hydrogen-bond donors (Lipinski definition) is 0. The van der Waals surface area contributed by atoms with Gasteiger partial charge in [-0.15, -0.1) is 0 Å². The molecule has 2 heterocycles. The average Bonchev–Trinajstić information content (AvgIpc) is 2.56. The SMILES string of the molecule is CC1CCC(CCC2CCC(C3CCC(C)CO3)OC2)CC1. The van der Waals surface area contributed by atoms with Gasteiger partial charge in [-0.05, 0) is 55.8 Å². The van der Waals surface area contributed by atoms with E-state index in [-0.39, 0.29) is 0 Å². The van der Waals surface area contributed by atoms with E-state index in [2.05, 4.69) is 13.8 Å². The molecule has 0 amide bonds. The van der Waals surface area contributed by atoms with Crippen molar-refractivity contribution in [2.24, 2.45) is 23.7 Å². The van der Waals surface area contributed by atoms with E-state index < -0.39 is 0 Å². The van der Waals surface area contributed by atoms with Gasteiger partial charge in [0.2, 0.25) is 0 Å². The second-order valence-electron chi connectivity index (χ2n) is 8.57. The fourth-order valence-electron chi connectivity index (χ4n) is 4.63. The number of hydrogen-bond acceptors (Lipinski definition) is 2. The van der Waals surface area contributed by atoms with E-state index in [9.17, 15) is 0 Å². The second-order valence-corrected chi connectivity index (χ2v) is 8.57. The van der Waals surface area contributed by atoms with Gasteiger partial charge >= 0.3 is 0 Å². The molecule has 1 saturated carbocycles. The van der Waals surface area contributed by atoms with Crippen LogP contribution in [0.2, 0.25) is 0 Å². The predicted octanol–water partition coefficient (Wildman–Crippen LogP) is 5.20. The van der Waals surface area contributed by atoms with Crippen LogP contribution in [0.3, 0.4) is 0 Å². The van der Waals surface area contributed by atoms with Crippen molar-refractivity contribution in [3.8, 4) is 0 Å². The molecule has 0 aromatic heterocycles. The molecule has 3 fully saturated rings. The van der Waals surface area contributed by atoms with E-state index in [1.54, 1.807) is 0 Å².